The summed E-state index contributed by atoms with van der Waals surface area (Å²) in [4.78, 5) is 21.1. The van der Waals surface area contributed by atoms with Crippen LogP contribution in [0.15, 0.2) is 18.3 Å². The van der Waals surface area contributed by atoms with E-state index >= 15 is 0 Å². The molecule has 0 radical (unpaired) electrons. The van der Waals surface area contributed by atoms with Crippen LogP contribution in [-0.4, -0.2) is 22.2 Å². The molecule has 1 heterocycles. The van der Waals surface area contributed by atoms with Crippen LogP contribution in [0.3, 0.4) is 0 Å². The van der Waals surface area contributed by atoms with Crippen LogP contribution in [0.1, 0.15) is 56.6 Å². The zero-order chi connectivity index (χ0) is 16.1. The zero-order valence-corrected chi connectivity index (χ0v) is 13.0. The van der Waals surface area contributed by atoms with Gasteiger partial charge in [0.2, 0.25) is 0 Å². The number of carbonyl (C=O) groups is 2. The molecular formula is C15H26NO4+. The van der Waals surface area contributed by atoms with E-state index in [1.54, 1.807) is 10.6 Å². The summed E-state index contributed by atoms with van der Waals surface area (Å²) in [5.41, 5.74) is 1.12. The minimum Gasteiger partial charge on any atom is -0.481 e. The number of carboxylic acid groups (broad SMARTS) is 2. The molecule has 0 aromatic carbocycles. The maximum Gasteiger partial charge on any atom is 0.341 e. The second kappa shape index (κ2) is 12.1. The number of hydrogen-bond donors (Lipinski definition) is 2. The van der Waals surface area contributed by atoms with Crippen LogP contribution in [0.2, 0.25) is 0 Å². The van der Waals surface area contributed by atoms with Crippen molar-refractivity contribution in [2.45, 2.75) is 54.0 Å². The van der Waals surface area contributed by atoms with Crippen LogP contribution in [0, 0.1) is 6.92 Å². The predicted molar refractivity (Wildman–Crippen MR) is 77.9 cm³/mol. The van der Waals surface area contributed by atoms with Crippen molar-refractivity contribution in [2.75, 3.05) is 0 Å². The molecule has 1 aromatic heterocycles. The molecule has 0 spiro atoms. The molecule has 0 atom stereocenters. The van der Waals surface area contributed by atoms with Crippen LogP contribution in [0.4, 0.5) is 0 Å². The fourth-order valence-corrected chi connectivity index (χ4v) is 1.39. The molecule has 0 aliphatic carbocycles. The van der Waals surface area contributed by atoms with Gasteiger partial charge in [0.15, 0.2) is 11.9 Å². The van der Waals surface area contributed by atoms with Gasteiger partial charge in [-0.1, -0.05) is 27.7 Å². The van der Waals surface area contributed by atoms with Gasteiger partial charge < -0.3 is 10.2 Å². The highest BCUT2D eigenvalue weighted by atomic mass is 16.4. The van der Waals surface area contributed by atoms with Gasteiger partial charge in [-0.15, -0.1) is 0 Å². The van der Waals surface area contributed by atoms with E-state index < -0.39 is 11.9 Å². The summed E-state index contributed by atoms with van der Waals surface area (Å²) in [5.74, 6) is -1.82. The SMILES string of the molecule is CC.CC.Cc1ccc(C(=O)O)c[n+]1CCCC(=O)O. The summed E-state index contributed by atoms with van der Waals surface area (Å²) in [6.07, 6.45) is 2.10. The number of aromatic nitrogens is 1. The monoisotopic (exact) mass is 284 g/mol. The molecule has 20 heavy (non-hydrogen) atoms. The molecule has 0 saturated heterocycles. The van der Waals surface area contributed by atoms with Crippen molar-refractivity contribution >= 4 is 11.9 Å². The van der Waals surface area contributed by atoms with Gasteiger partial charge in [-0.05, 0) is 6.07 Å². The van der Waals surface area contributed by atoms with Crippen molar-refractivity contribution in [1.82, 2.24) is 0 Å². The second-order valence-electron chi connectivity index (χ2n) is 3.55. The van der Waals surface area contributed by atoms with Crippen molar-refractivity contribution in [3.63, 3.8) is 0 Å². The fraction of sp³-hybridized carbons (Fsp3) is 0.533. The Labute approximate surface area is 120 Å². The first kappa shape index (κ1) is 20.4. The minimum atomic E-state index is -0.980. The number of aryl methyl sites for hydroxylation is 2. The van der Waals surface area contributed by atoms with Crippen LogP contribution >= 0.6 is 0 Å². The fourth-order valence-electron chi connectivity index (χ4n) is 1.39. The van der Waals surface area contributed by atoms with E-state index in [0.717, 1.165) is 5.69 Å². The van der Waals surface area contributed by atoms with E-state index in [9.17, 15) is 9.59 Å². The van der Waals surface area contributed by atoms with E-state index in [0.29, 0.717) is 13.0 Å². The van der Waals surface area contributed by atoms with Crippen LogP contribution in [0.25, 0.3) is 0 Å². The van der Waals surface area contributed by atoms with Gasteiger partial charge in [0, 0.05) is 19.4 Å². The molecule has 5 nitrogen and oxygen atoms in total. The largest absolute Gasteiger partial charge is 0.481 e. The number of nitrogens with zero attached hydrogens (tertiary/aromatic N) is 1. The van der Waals surface area contributed by atoms with Crippen molar-refractivity contribution < 1.29 is 24.4 Å². The van der Waals surface area contributed by atoms with Crippen LogP contribution < -0.4 is 4.57 Å². The Morgan fingerprint density at radius 2 is 1.65 bits per heavy atom. The predicted octanol–water partition coefficient (Wildman–Crippen LogP) is 2.90. The molecule has 0 bridgehead atoms. The van der Waals surface area contributed by atoms with Crippen LogP contribution in [-0.2, 0) is 11.3 Å². The van der Waals surface area contributed by atoms with E-state index in [2.05, 4.69) is 0 Å². The van der Waals surface area contributed by atoms with Gasteiger partial charge in [0.1, 0.15) is 12.1 Å². The van der Waals surface area contributed by atoms with Crippen LogP contribution in [0.5, 0.6) is 0 Å². The van der Waals surface area contributed by atoms with Crippen molar-refractivity contribution in [2.24, 2.45) is 0 Å². The Bertz CT molecular complexity index is 416. The van der Waals surface area contributed by atoms with Gasteiger partial charge >= 0.3 is 11.9 Å². The number of pyridine rings is 1. The van der Waals surface area contributed by atoms with E-state index in [4.69, 9.17) is 10.2 Å². The Hall–Kier alpha value is -1.91. The Morgan fingerprint density at radius 3 is 2.10 bits per heavy atom. The molecule has 0 aliphatic rings. The molecule has 114 valence electrons. The number of rotatable bonds is 5. The van der Waals surface area contributed by atoms with Gasteiger partial charge in [0.25, 0.3) is 0 Å². The molecule has 0 unspecified atom stereocenters. The number of hydrogen-bond acceptors (Lipinski definition) is 2. The summed E-state index contributed by atoms with van der Waals surface area (Å²) in [5, 5.41) is 17.3. The lowest BCUT2D eigenvalue weighted by molar-refractivity contribution is -0.703. The van der Waals surface area contributed by atoms with E-state index in [1.165, 1.54) is 12.3 Å². The van der Waals surface area contributed by atoms with Gasteiger partial charge in [-0.25, -0.2) is 9.36 Å². The third-order valence-electron chi connectivity index (χ3n) is 2.29. The molecule has 0 aliphatic heterocycles. The summed E-state index contributed by atoms with van der Waals surface area (Å²) in [7, 11) is 0. The summed E-state index contributed by atoms with van der Waals surface area (Å²) >= 11 is 0. The molecule has 0 fully saturated rings. The molecular weight excluding hydrogens is 258 g/mol. The second-order valence-corrected chi connectivity index (χ2v) is 3.55. The standard InChI is InChI=1S/C11H13NO4.2C2H6/c1-8-4-5-9(11(15)16)7-12(8)6-2-3-10(13)14;2*1-2/h4-5,7H,2-3,6H2,1H3,(H-,13,14,15,16);2*1-2H3/p+1. The molecule has 2 N–H and O–H groups in total. The molecule has 0 amide bonds. The first-order valence-electron chi connectivity index (χ1n) is 6.96. The molecule has 1 rings (SSSR count). The smallest absolute Gasteiger partial charge is 0.341 e. The Balaban J connectivity index is 0. The number of aromatic carboxylic acids is 1. The summed E-state index contributed by atoms with van der Waals surface area (Å²) < 4.78 is 1.76. The quantitative estimate of drug-likeness (QED) is 0.815. The highest BCUT2D eigenvalue weighted by Gasteiger charge is 2.12. The number of carboxylic acids is 2. The Morgan fingerprint density at radius 1 is 1.10 bits per heavy atom. The maximum atomic E-state index is 10.7. The minimum absolute atomic E-state index is 0.0870. The lowest BCUT2D eigenvalue weighted by Crippen LogP contribution is -2.37. The molecule has 0 saturated carbocycles. The third kappa shape index (κ3) is 8.24. The highest BCUT2D eigenvalue weighted by molar-refractivity contribution is 5.86. The summed E-state index contributed by atoms with van der Waals surface area (Å²) in [6.45, 7) is 10.4. The average molecular weight is 284 g/mol. The van der Waals surface area contributed by atoms with Gasteiger partial charge in [0.05, 0.1) is 6.42 Å². The Kier molecular flexibility index (Phi) is 12.4. The van der Waals surface area contributed by atoms with E-state index in [1.807, 2.05) is 34.6 Å². The average Bonchev–Trinajstić information content (AvgIpc) is 2.44. The molecule has 5 heteroatoms. The lowest BCUT2D eigenvalue weighted by Gasteiger charge is -2.00. The maximum absolute atomic E-state index is 10.7. The highest BCUT2D eigenvalue weighted by Crippen LogP contribution is 1.99. The number of aliphatic carboxylic acids is 1. The molecule has 1 aromatic rings. The van der Waals surface area contributed by atoms with Gasteiger partial charge in [-0.2, -0.15) is 0 Å². The third-order valence-corrected chi connectivity index (χ3v) is 2.29. The first-order valence-corrected chi connectivity index (χ1v) is 6.96. The first-order chi connectivity index (χ1) is 9.50. The topological polar surface area (TPSA) is 78.5 Å². The van der Waals surface area contributed by atoms with Crippen molar-refractivity contribution in [3.8, 4) is 0 Å². The van der Waals surface area contributed by atoms with E-state index in [-0.39, 0.29) is 12.0 Å². The van der Waals surface area contributed by atoms with Crippen molar-refractivity contribution in [3.05, 3.63) is 29.6 Å². The lowest BCUT2D eigenvalue weighted by atomic mass is 10.2. The van der Waals surface area contributed by atoms with Gasteiger partial charge in [-0.3, -0.25) is 4.79 Å². The van der Waals surface area contributed by atoms with Crippen molar-refractivity contribution in [1.29, 1.82) is 0 Å². The normalized spacial score (nSPS) is 8.65. The summed E-state index contributed by atoms with van der Waals surface area (Å²) in [6, 6.07) is 3.25. The zero-order valence-electron chi connectivity index (χ0n) is 13.0.